The highest BCUT2D eigenvalue weighted by atomic mass is 15.1. The van der Waals surface area contributed by atoms with E-state index in [9.17, 15) is 0 Å². The van der Waals surface area contributed by atoms with Crippen molar-refractivity contribution in [3.63, 3.8) is 0 Å². The van der Waals surface area contributed by atoms with E-state index in [4.69, 9.17) is 0 Å². The van der Waals surface area contributed by atoms with Gasteiger partial charge in [0.2, 0.25) is 0 Å². The summed E-state index contributed by atoms with van der Waals surface area (Å²) in [4.78, 5) is 4.74. The van der Waals surface area contributed by atoms with E-state index in [0.29, 0.717) is 0 Å². The molecule has 0 saturated heterocycles. The summed E-state index contributed by atoms with van der Waals surface area (Å²) in [5, 5.41) is 12.6. The summed E-state index contributed by atoms with van der Waals surface area (Å²) >= 11 is 0. The fraction of sp³-hybridized carbons (Fsp3) is 0.0741. The van der Waals surface area contributed by atoms with Crippen LogP contribution in [0.5, 0.6) is 0 Å². The molecule has 268 valence electrons. The molecule has 0 N–H and O–H groups in total. The number of rotatable bonds is 6. The minimum absolute atomic E-state index is 0.0801. The minimum Gasteiger partial charge on any atom is -0.310 e. The van der Waals surface area contributed by atoms with Crippen molar-refractivity contribution >= 4 is 88.0 Å². The molecular formula is C54H42N2. The van der Waals surface area contributed by atoms with Crippen LogP contribution in [0.2, 0.25) is 0 Å². The van der Waals surface area contributed by atoms with E-state index in [2.05, 4.69) is 231 Å². The second kappa shape index (κ2) is 13.4. The van der Waals surface area contributed by atoms with Gasteiger partial charge in [-0.3, -0.25) is 0 Å². The van der Waals surface area contributed by atoms with Gasteiger partial charge in [-0.05, 0) is 138 Å². The zero-order valence-electron chi connectivity index (χ0n) is 31.9. The van der Waals surface area contributed by atoms with Crippen molar-refractivity contribution in [1.29, 1.82) is 0 Å². The summed E-state index contributed by atoms with van der Waals surface area (Å²) in [6, 6.07) is 73.2. The zero-order chi connectivity index (χ0) is 37.8. The Balaban J connectivity index is 1.24. The number of fused-ring (bicyclic) bond motifs is 11. The van der Waals surface area contributed by atoms with Gasteiger partial charge in [-0.15, -0.1) is 0 Å². The van der Waals surface area contributed by atoms with E-state index in [1.54, 1.807) is 0 Å². The highest BCUT2D eigenvalue weighted by Crippen LogP contribution is 2.47. The van der Waals surface area contributed by atoms with Gasteiger partial charge in [0.1, 0.15) is 0 Å². The van der Waals surface area contributed by atoms with Crippen LogP contribution in [-0.2, 0) is 5.41 Å². The molecular weight excluding hydrogens is 677 g/mol. The second-order valence-electron chi connectivity index (χ2n) is 15.8. The summed E-state index contributed by atoms with van der Waals surface area (Å²) < 4.78 is 0. The third kappa shape index (κ3) is 5.65. The molecule has 0 heterocycles. The van der Waals surface area contributed by atoms with Crippen LogP contribution < -0.4 is 9.80 Å². The molecule has 0 bridgehead atoms. The summed E-state index contributed by atoms with van der Waals surface area (Å²) in [7, 11) is 0. The lowest BCUT2D eigenvalue weighted by Crippen LogP contribution is -2.13. The summed E-state index contributed by atoms with van der Waals surface area (Å²) in [5.41, 5.74) is 8.20. The Bertz CT molecular complexity index is 3000. The van der Waals surface area contributed by atoms with E-state index in [-0.39, 0.29) is 5.41 Å². The van der Waals surface area contributed by atoms with E-state index < -0.39 is 0 Å². The van der Waals surface area contributed by atoms with Gasteiger partial charge in [0, 0.05) is 34.1 Å². The van der Waals surface area contributed by atoms with Gasteiger partial charge < -0.3 is 9.80 Å². The Morgan fingerprint density at radius 1 is 0.268 bits per heavy atom. The number of para-hydroxylation sites is 3. The third-order valence-electron chi connectivity index (χ3n) is 11.3. The van der Waals surface area contributed by atoms with Crippen LogP contribution in [0.25, 0.3) is 53.9 Å². The van der Waals surface area contributed by atoms with E-state index in [1.807, 2.05) is 0 Å². The normalized spacial score (nSPS) is 11.8. The zero-order valence-corrected chi connectivity index (χ0v) is 31.9. The number of anilines is 6. The van der Waals surface area contributed by atoms with Crippen molar-refractivity contribution in [2.75, 3.05) is 9.80 Å². The smallest absolute Gasteiger partial charge is 0.0468 e. The van der Waals surface area contributed by atoms with Gasteiger partial charge in [0.05, 0.1) is 0 Å². The highest BCUT2D eigenvalue weighted by molar-refractivity contribution is 6.39. The molecule has 0 atom stereocenters. The van der Waals surface area contributed by atoms with Gasteiger partial charge in [-0.2, -0.15) is 0 Å². The molecule has 0 saturated carbocycles. The molecule has 0 aliphatic rings. The van der Waals surface area contributed by atoms with Crippen molar-refractivity contribution in [3.05, 3.63) is 206 Å². The van der Waals surface area contributed by atoms with Crippen LogP contribution in [0.15, 0.2) is 200 Å². The fourth-order valence-corrected chi connectivity index (χ4v) is 8.66. The first-order valence-electron chi connectivity index (χ1n) is 19.5. The van der Waals surface area contributed by atoms with Gasteiger partial charge in [0.25, 0.3) is 0 Å². The maximum atomic E-state index is 2.40. The van der Waals surface area contributed by atoms with Crippen LogP contribution in [0.4, 0.5) is 34.1 Å². The maximum Gasteiger partial charge on any atom is 0.0468 e. The second-order valence-corrected chi connectivity index (χ2v) is 15.8. The molecule has 10 aromatic rings. The molecule has 2 nitrogen and oxygen atoms in total. The predicted molar refractivity (Wildman–Crippen MR) is 242 cm³/mol. The monoisotopic (exact) mass is 718 g/mol. The first-order chi connectivity index (χ1) is 27.4. The standard InChI is InChI=1S/C54H42N2/c1-54(2,3)37-27-29-41(30-28-37)56(40-21-11-6-12-22-40)43-32-34-49-51(36-43)45-24-14-16-26-47(45)52-48-33-31-42(35-50(48)44-23-13-15-25-46(44)53(49)52)55(38-17-7-4-8-18-38)39-19-9-5-10-20-39/h4-36H,1-3H3. The molecule has 0 aliphatic heterocycles. The molecule has 2 heteroatoms. The van der Waals surface area contributed by atoms with Crippen molar-refractivity contribution in [2.45, 2.75) is 26.2 Å². The van der Waals surface area contributed by atoms with E-state index in [0.717, 1.165) is 34.1 Å². The summed E-state index contributed by atoms with van der Waals surface area (Å²) in [5.74, 6) is 0. The maximum absolute atomic E-state index is 2.40. The number of hydrogen-bond acceptors (Lipinski definition) is 2. The van der Waals surface area contributed by atoms with Gasteiger partial charge in [-0.25, -0.2) is 0 Å². The Hall–Kier alpha value is -6.90. The van der Waals surface area contributed by atoms with E-state index >= 15 is 0 Å². The van der Waals surface area contributed by atoms with Crippen LogP contribution >= 0.6 is 0 Å². The average Bonchev–Trinajstić information content (AvgIpc) is 3.25. The topological polar surface area (TPSA) is 6.48 Å². The van der Waals surface area contributed by atoms with E-state index in [1.165, 1.54) is 59.4 Å². The van der Waals surface area contributed by atoms with Crippen molar-refractivity contribution in [1.82, 2.24) is 0 Å². The first kappa shape index (κ1) is 33.7. The quantitative estimate of drug-likeness (QED) is 0.158. The third-order valence-corrected chi connectivity index (χ3v) is 11.3. The van der Waals surface area contributed by atoms with Gasteiger partial charge >= 0.3 is 0 Å². The molecule has 0 amide bonds. The highest BCUT2D eigenvalue weighted by Gasteiger charge is 2.21. The Morgan fingerprint density at radius 2 is 0.571 bits per heavy atom. The van der Waals surface area contributed by atoms with Crippen LogP contribution in [0.1, 0.15) is 26.3 Å². The first-order valence-corrected chi connectivity index (χ1v) is 19.5. The molecule has 0 aromatic heterocycles. The van der Waals surface area contributed by atoms with Crippen LogP contribution in [0.3, 0.4) is 0 Å². The molecule has 0 unspecified atom stereocenters. The molecule has 0 fully saturated rings. The summed E-state index contributed by atoms with van der Waals surface area (Å²) in [6.45, 7) is 6.81. The molecule has 10 aromatic carbocycles. The molecule has 10 rings (SSSR count). The lowest BCUT2D eigenvalue weighted by atomic mass is 9.86. The molecule has 56 heavy (non-hydrogen) atoms. The SMILES string of the molecule is CC(C)(C)c1ccc(N(c2ccccc2)c2ccc3c(c2)c2ccccc2c2c4ccc(N(c5ccccc5)c5ccccc5)cc4c4ccccc4c32)cc1. The Labute approximate surface area is 328 Å². The number of benzene rings is 10. The van der Waals surface area contributed by atoms with Crippen LogP contribution in [-0.4, -0.2) is 0 Å². The van der Waals surface area contributed by atoms with Crippen molar-refractivity contribution in [3.8, 4) is 0 Å². The minimum atomic E-state index is 0.0801. The fourth-order valence-electron chi connectivity index (χ4n) is 8.66. The van der Waals surface area contributed by atoms with Gasteiger partial charge in [-0.1, -0.05) is 148 Å². The van der Waals surface area contributed by atoms with Crippen molar-refractivity contribution < 1.29 is 0 Å². The van der Waals surface area contributed by atoms with Crippen LogP contribution in [0, 0.1) is 0 Å². The average molecular weight is 719 g/mol. The largest absolute Gasteiger partial charge is 0.310 e. The Kier molecular flexibility index (Phi) is 8.08. The Morgan fingerprint density at radius 3 is 0.946 bits per heavy atom. The lowest BCUT2D eigenvalue weighted by Gasteiger charge is -2.28. The molecule has 0 spiro atoms. The molecule has 0 aliphatic carbocycles. The summed E-state index contributed by atoms with van der Waals surface area (Å²) in [6.07, 6.45) is 0. The lowest BCUT2D eigenvalue weighted by molar-refractivity contribution is 0.590. The number of nitrogens with zero attached hydrogens (tertiary/aromatic N) is 2. The number of hydrogen-bond donors (Lipinski definition) is 0. The molecule has 0 radical (unpaired) electrons. The predicted octanol–water partition coefficient (Wildman–Crippen LogP) is 15.7. The van der Waals surface area contributed by atoms with Crippen molar-refractivity contribution in [2.24, 2.45) is 0 Å². The van der Waals surface area contributed by atoms with Gasteiger partial charge in [0.15, 0.2) is 0 Å².